The topological polar surface area (TPSA) is 45.2 Å². The molecule has 5 heteroatoms. The van der Waals surface area contributed by atoms with E-state index in [1.54, 1.807) is 0 Å². The number of pyridine rings is 1. The highest BCUT2D eigenvalue weighted by Crippen LogP contribution is 2.43. The van der Waals surface area contributed by atoms with Crippen molar-refractivity contribution >= 4 is 34.1 Å². The summed E-state index contributed by atoms with van der Waals surface area (Å²) in [5.41, 5.74) is 5.87. The number of aromatic nitrogens is 1. The fourth-order valence-electron chi connectivity index (χ4n) is 5.19. The number of piperidine rings is 1. The van der Waals surface area contributed by atoms with Gasteiger partial charge in [0.15, 0.2) is 0 Å². The summed E-state index contributed by atoms with van der Waals surface area (Å²) in [6, 6.07) is 25.4. The van der Waals surface area contributed by atoms with Gasteiger partial charge in [-0.05, 0) is 98.3 Å². The molecule has 0 saturated carbocycles. The number of likely N-dealkylation sites (tertiary alicyclic amines) is 1. The highest BCUT2D eigenvalue weighted by atomic mass is 35.5. The van der Waals surface area contributed by atoms with Crippen molar-refractivity contribution in [3.05, 3.63) is 95.1 Å². The third kappa shape index (κ3) is 5.27. The van der Waals surface area contributed by atoms with Gasteiger partial charge >= 0.3 is 0 Å². The summed E-state index contributed by atoms with van der Waals surface area (Å²) >= 11 is 5.99. The number of nitrogens with zero attached hydrogens (tertiary/aromatic N) is 2. The van der Waals surface area contributed by atoms with Crippen LogP contribution in [0.1, 0.15) is 56.6 Å². The van der Waals surface area contributed by atoms with E-state index >= 15 is 0 Å². The first-order valence-corrected chi connectivity index (χ1v) is 13.3. The number of fused-ring (bicyclic) bond motifs is 1. The van der Waals surface area contributed by atoms with Gasteiger partial charge in [0.25, 0.3) is 5.91 Å². The summed E-state index contributed by atoms with van der Waals surface area (Å²) in [6.45, 7) is 11.4. The van der Waals surface area contributed by atoms with Crippen LogP contribution in [0.15, 0.2) is 78.9 Å². The largest absolute Gasteiger partial charge is 0.322 e. The number of carbonyl (C=O) groups excluding carboxylic acids is 1. The molecule has 1 aromatic heterocycles. The minimum Gasteiger partial charge on any atom is -0.322 e. The number of carbonyl (C=O) groups is 1. The minimum atomic E-state index is -0.137. The summed E-state index contributed by atoms with van der Waals surface area (Å²) < 4.78 is 0. The number of hydrogen-bond acceptors (Lipinski definition) is 3. The molecule has 1 N–H and O–H groups in total. The molecule has 4 nitrogen and oxygen atoms in total. The van der Waals surface area contributed by atoms with Crippen LogP contribution < -0.4 is 5.32 Å². The van der Waals surface area contributed by atoms with Gasteiger partial charge in [-0.3, -0.25) is 14.7 Å². The highest BCUT2D eigenvalue weighted by molar-refractivity contribution is 6.30. The minimum absolute atomic E-state index is 0.114. The fraction of sp³-hybridized carbons (Fsp3) is 0.312. The Bertz CT molecular complexity index is 1430. The number of rotatable bonds is 5. The highest BCUT2D eigenvalue weighted by Gasteiger charge is 2.44. The zero-order valence-electron chi connectivity index (χ0n) is 22.0. The first-order chi connectivity index (χ1) is 17.6. The summed E-state index contributed by atoms with van der Waals surface area (Å²) in [5, 5.41) is 4.74. The van der Waals surface area contributed by atoms with E-state index in [2.05, 4.69) is 50.0 Å². The third-order valence-electron chi connectivity index (χ3n) is 8.36. The Labute approximate surface area is 224 Å². The fourth-order valence-corrected chi connectivity index (χ4v) is 5.32. The molecular weight excluding hydrogens is 478 g/mol. The second-order valence-corrected chi connectivity index (χ2v) is 11.7. The van der Waals surface area contributed by atoms with Crippen molar-refractivity contribution in [3.63, 3.8) is 0 Å². The van der Waals surface area contributed by atoms with Gasteiger partial charge in [0.2, 0.25) is 0 Å². The van der Waals surface area contributed by atoms with Crippen molar-refractivity contribution < 1.29 is 4.79 Å². The Balaban J connectivity index is 1.28. The standard InChI is InChI=1S/C32H34ClN3O/c1-31(2)18-5-19-36(32(31,3)4)21-28-15-12-25-20-27(16-17-29(25)34-28)35-30(37)24-8-6-22(7-9-24)23-10-13-26(33)14-11-23/h6-17,20H,5,18-19,21H2,1-4H3,(H,35,37). The zero-order valence-corrected chi connectivity index (χ0v) is 22.8. The number of halogens is 1. The monoisotopic (exact) mass is 511 g/mol. The van der Waals surface area contributed by atoms with Crippen LogP contribution >= 0.6 is 11.6 Å². The lowest BCUT2D eigenvalue weighted by atomic mass is 9.68. The van der Waals surface area contributed by atoms with Crippen molar-refractivity contribution in [1.82, 2.24) is 9.88 Å². The lowest BCUT2D eigenvalue weighted by Gasteiger charge is -2.53. The van der Waals surface area contributed by atoms with E-state index in [4.69, 9.17) is 16.6 Å². The lowest BCUT2D eigenvalue weighted by molar-refractivity contribution is -0.0366. The molecule has 1 aliphatic rings. The average Bonchev–Trinajstić information content (AvgIpc) is 2.87. The molecule has 1 amide bonds. The Morgan fingerprint density at radius 3 is 2.30 bits per heavy atom. The van der Waals surface area contributed by atoms with Crippen molar-refractivity contribution in [2.75, 3.05) is 11.9 Å². The normalized spacial score (nSPS) is 17.0. The molecule has 4 aromatic rings. The number of amides is 1. The maximum atomic E-state index is 12.9. The summed E-state index contributed by atoms with van der Waals surface area (Å²) in [5.74, 6) is -0.137. The molecule has 0 radical (unpaired) electrons. The summed E-state index contributed by atoms with van der Waals surface area (Å²) in [7, 11) is 0. The smallest absolute Gasteiger partial charge is 0.255 e. The van der Waals surface area contributed by atoms with E-state index < -0.39 is 0 Å². The maximum Gasteiger partial charge on any atom is 0.255 e. The molecule has 0 bridgehead atoms. The first-order valence-electron chi connectivity index (χ1n) is 12.9. The Kier molecular flexibility index (Phi) is 6.82. The van der Waals surface area contributed by atoms with E-state index in [1.165, 1.54) is 12.8 Å². The first kappa shape index (κ1) is 25.4. The lowest BCUT2D eigenvalue weighted by Crippen LogP contribution is -2.57. The van der Waals surface area contributed by atoms with Gasteiger partial charge < -0.3 is 5.32 Å². The molecule has 0 spiro atoms. The van der Waals surface area contributed by atoms with Gasteiger partial charge in [-0.25, -0.2) is 0 Å². The van der Waals surface area contributed by atoms with E-state index in [0.717, 1.165) is 46.5 Å². The van der Waals surface area contributed by atoms with E-state index in [1.807, 2.05) is 66.7 Å². The van der Waals surface area contributed by atoms with Gasteiger partial charge in [0.05, 0.1) is 11.2 Å². The number of benzene rings is 3. The Hall–Kier alpha value is -3.21. The van der Waals surface area contributed by atoms with Gasteiger partial charge in [-0.1, -0.05) is 55.8 Å². The molecule has 1 saturated heterocycles. The predicted octanol–water partition coefficient (Wildman–Crippen LogP) is 8.21. The zero-order chi connectivity index (χ0) is 26.2. The van der Waals surface area contributed by atoms with Gasteiger partial charge in [0, 0.05) is 33.7 Å². The van der Waals surface area contributed by atoms with E-state index in [-0.39, 0.29) is 16.9 Å². The molecule has 1 aliphatic heterocycles. The van der Waals surface area contributed by atoms with Crippen molar-refractivity contribution in [3.8, 4) is 11.1 Å². The summed E-state index contributed by atoms with van der Waals surface area (Å²) in [4.78, 5) is 20.4. The SMILES string of the molecule is CC1(C)CCCN(Cc2ccc3cc(NC(=O)c4ccc(-c5ccc(Cl)cc5)cc4)ccc3n2)C1(C)C. The van der Waals surface area contributed by atoms with Crippen LogP contribution in [0.25, 0.3) is 22.0 Å². The van der Waals surface area contributed by atoms with Crippen molar-refractivity contribution in [1.29, 1.82) is 0 Å². The summed E-state index contributed by atoms with van der Waals surface area (Å²) in [6.07, 6.45) is 2.47. The van der Waals surface area contributed by atoms with Gasteiger partial charge in [-0.2, -0.15) is 0 Å². The van der Waals surface area contributed by atoms with Gasteiger partial charge in [0.1, 0.15) is 0 Å². The molecule has 0 unspecified atom stereocenters. The molecule has 5 rings (SSSR count). The van der Waals surface area contributed by atoms with Crippen LogP contribution in [0.4, 0.5) is 5.69 Å². The van der Waals surface area contributed by atoms with Crippen LogP contribution in [0.3, 0.4) is 0 Å². The Morgan fingerprint density at radius 2 is 1.59 bits per heavy atom. The van der Waals surface area contributed by atoms with Crippen LogP contribution in [-0.4, -0.2) is 27.9 Å². The molecule has 1 fully saturated rings. The van der Waals surface area contributed by atoms with E-state index in [0.29, 0.717) is 10.6 Å². The molecule has 2 heterocycles. The molecule has 0 aliphatic carbocycles. The van der Waals surface area contributed by atoms with Crippen molar-refractivity contribution in [2.24, 2.45) is 5.41 Å². The number of nitrogens with one attached hydrogen (secondary N) is 1. The molecular formula is C32H34ClN3O. The van der Waals surface area contributed by atoms with Gasteiger partial charge in [-0.15, -0.1) is 0 Å². The van der Waals surface area contributed by atoms with Crippen LogP contribution in [0.2, 0.25) is 5.02 Å². The third-order valence-corrected chi connectivity index (χ3v) is 8.61. The molecule has 3 aromatic carbocycles. The average molecular weight is 512 g/mol. The molecule has 0 atom stereocenters. The number of anilines is 1. The van der Waals surface area contributed by atoms with Crippen LogP contribution in [0, 0.1) is 5.41 Å². The predicted molar refractivity (Wildman–Crippen MR) is 154 cm³/mol. The quantitative estimate of drug-likeness (QED) is 0.293. The van der Waals surface area contributed by atoms with Crippen LogP contribution in [-0.2, 0) is 6.54 Å². The molecule has 190 valence electrons. The van der Waals surface area contributed by atoms with Crippen molar-refractivity contribution in [2.45, 2.75) is 52.6 Å². The maximum absolute atomic E-state index is 12.9. The molecule has 37 heavy (non-hydrogen) atoms. The second kappa shape index (κ2) is 9.92. The van der Waals surface area contributed by atoms with E-state index in [9.17, 15) is 4.79 Å². The second-order valence-electron chi connectivity index (χ2n) is 11.2. The Morgan fingerprint density at radius 1 is 0.919 bits per heavy atom. The number of hydrogen-bond donors (Lipinski definition) is 1. The van der Waals surface area contributed by atoms with Crippen LogP contribution in [0.5, 0.6) is 0 Å².